The number of carbonyl (C=O) groups is 2. The van der Waals surface area contributed by atoms with Gasteiger partial charge in [0, 0.05) is 85.8 Å². The maximum absolute atomic E-state index is 13.3. The summed E-state index contributed by atoms with van der Waals surface area (Å²) in [5, 5.41) is 13.9. The second-order valence-corrected chi connectivity index (χ2v) is 15.5. The maximum atomic E-state index is 13.3. The van der Waals surface area contributed by atoms with Crippen molar-refractivity contribution in [2.24, 2.45) is 0 Å². The van der Waals surface area contributed by atoms with Crippen LogP contribution >= 0.6 is 23.2 Å². The number of aromatic nitrogens is 3. The van der Waals surface area contributed by atoms with E-state index in [-0.39, 0.29) is 35.4 Å². The Morgan fingerprint density at radius 1 is 0.836 bits per heavy atom. The summed E-state index contributed by atoms with van der Waals surface area (Å²) in [5.74, 6) is 0.953. The highest BCUT2D eigenvalue weighted by atomic mass is 35.5. The molecule has 3 atom stereocenters. The SMILES string of the molecule is COc1nc(C[C@H]2CCc3c(-c4cccc(-c5ccn6c(=O)c(CNC[C@@H]7CCC(=O)N7)cnc6c5)c4Cl)cccc32)c(Cl)cc1CNC[C@@H]1CCC(=O)N1. The van der Waals surface area contributed by atoms with Crippen molar-refractivity contribution < 1.29 is 14.3 Å². The topological polar surface area (TPSA) is 139 Å². The zero-order valence-electron chi connectivity index (χ0n) is 30.6. The highest BCUT2D eigenvalue weighted by Gasteiger charge is 2.28. The van der Waals surface area contributed by atoms with E-state index < -0.39 is 0 Å². The molecule has 2 saturated heterocycles. The van der Waals surface area contributed by atoms with Crippen molar-refractivity contribution in [3.63, 3.8) is 0 Å². The Hall–Kier alpha value is -4.81. The van der Waals surface area contributed by atoms with Gasteiger partial charge in [0.25, 0.3) is 5.56 Å². The molecule has 8 rings (SSSR count). The molecule has 0 unspecified atom stereocenters. The minimum atomic E-state index is -0.136. The second-order valence-electron chi connectivity index (χ2n) is 14.7. The van der Waals surface area contributed by atoms with Crippen molar-refractivity contribution in [2.75, 3.05) is 20.2 Å². The lowest BCUT2D eigenvalue weighted by Gasteiger charge is -2.17. The highest BCUT2D eigenvalue weighted by molar-refractivity contribution is 6.36. The van der Waals surface area contributed by atoms with E-state index in [1.807, 2.05) is 30.3 Å². The number of hydrogen-bond donors (Lipinski definition) is 4. The predicted octanol–water partition coefficient (Wildman–Crippen LogP) is 5.75. The Bertz CT molecular complexity index is 2350. The summed E-state index contributed by atoms with van der Waals surface area (Å²) in [4.78, 5) is 45.9. The zero-order valence-corrected chi connectivity index (χ0v) is 32.1. The van der Waals surface area contributed by atoms with Crippen LogP contribution in [0.4, 0.5) is 0 Å². The summed E-state index contributed by atoms with van der Waals surface area (Å²) >= 11 is 14.1. The van der Waals surface area contributed by atoms with Gasteiger partial charge in [0.2, 0.25) is 17.7 Å². The first-order chi connectivity index (χ1) is 26.7. The average Bonchev–Trinajstić information content (AvgIpc) is 3.93. The lowest BCUT2D eigenvalue weighted by atomic mass is 9.91. The van der Waals surface area contributed by atoms with Crippen molar-refractivity contribution in [2.45, 2.75) is 76.0 Å². The highest BCUT2D eigenvalue weighted by Crippen LogP contribution is 2.44. The second kappa shape index (κ2) is 16.1. The number of halogens is 2. The van der Waals surface area contributed by atoms with Gasteiger partial charge < -0.3 is 26.0 Å². The van der Waals surface area contributed by atoms with Gasteiger partial charge >= 0.3 is 0 Å². The molecule has 13 heteroatoms. The summed E-state index contributed by atoms with van der Waals surface area (Å²) in [5.41, 5.74) is 8.97. The van der Waals surface area contributed by atoms with Crippen LogP contribution in [0.25, 0.3) is 27.9 Å². The van der Waals surface area contributed by atoms with Crippen molar-refractivity contribution in [3.05, 3.63) is 115 Å². The minimum Gasteiger partial charge on any atom is -0.481 e. The molecule has 0 saturated carbocycles. The standard InChI is InChI=1S/C42H43Cl2N7O4/c1-55-41-26(19-45-22-28-9-12-38(52)48-28)16-35(43)36(50-41)17-24-8-11-33-30(24)4-2-6-32(33)34-7-3-5-31(40(34)44)25-14-15-51-37(18-25)47-21-27(42(51)54)20-46-23-29-10-13-39(53)49-29/h2-7,14-16,18,21,24,28-29,45-46H,8-13,17,19-20,22-23H2,1H3,(H,48,52)(H,49,53)/t24-,28+,29+/m1/s1. The molecular weight excluding hydrogens is 737 g/mol. The summed E-state index contributed by atoms with van der Waals surface area (Å²) in [6.07, 6.45) is 8.66. The minimum absolute atomic E-state index is 0.0691. The van der Waals surface area contributed by atoms with Crippen LogP contribution in [0.3, 0.4) is 0 Å². The fourth-order valence-electron chi connectivity index (χ4n) is 8.22. The van der Waals surface area contributed by atoms with E-state index in [0.717, 1.165) is 59.2 Å². The molecule has 5 heterocycles. The molecule has 55 heavy (non-hydrogen) atoms. The summed E-state index contributed by atoms with van der Waals surface area (Å²) in [6.45, 7) is 2.18. The largest absolute Gasteiger partial charge is 0.481 e. The number of fused-ring (bicyclic) bond motifs is 2. The summed E-state index contributed by atoms with van der Waals surface area (Å²) in [6, 6.07) is 18.5. The molecule has 2 aliphatic heterocycles. The molecule has 284 valence electrons. The number of amides is 2. The molecule has 0 bridgehead atoms. The molecule has 0 spiro atoms. The van der Waals surface area contributed by atoms with E-state index in [9.17, 15) is 14.4 Å². The number of nitrogens with zero attached hydrogens (tertiary/aromatic N) is 3. The summed E-state index contributed by atoms with van der Waals surface area (Å²) < 4.78 is 7.25. The van der Waals surface area contributed by atoms with Crippen LogP contribution < -0.4 is 31.6 Å². The number of carbonyl (C=O) groups excluding carboxylic acids is 2. The van der Waals surface area contributed by atoms with Gasteiger partial charge in [0.05, 0.1) is 22.8 Å². The number of nitrogens with one attached hydrogen (secondary N) is 4. The van der Waals surface area contributed by atoms with Crippen molar-refractivity contribution in [1.82, 2.24) is 35.6 Å². The van der Waals surface area contributed by atoms with Crippen LogP contribution in [0.15, 0.2) is 71.8 Å². The Morgan fingerprint density at radius 3 is 2.24 bits per heavy atom. The average molecular weight is 781 g/mol. The first-order valence-corrected chi connectivity index (χ1v) is 19.6. The first-order valence-electron chi connectivity index (χ1n) is 18.9. The quantitative estimate of drug-likeness (QED) is 0.119. The molecule has 2 aromatic carbocycles. The molecular formula is C42H43Cl2N7O4. The van der Waals surface area contributed by atoms with Gasteiger partial charge in [-0.15, -0.1) is 0 Å². The lowest BCUT2D eigenvalue weighted by molar-refractivity contribution is -0.120. The van der Waals surface area contributed by atoms with Gasteiger partial charge in [-0.25, -0.2) is 9.97 Å². The van der Waals surface area contributed by atoms with Crippen molar-refractivity contribution in [3.8, 4) is 28.1 Å². The predicted molar refractivity (Wildman–Crippen MR) is 214 cm³/mol. The van der Waals surface area contributed by atoms with Gasteiger partial charge in [-0.05, 0) is 78.5 Å². The molecule has 3 aliphatic rings. The first kappa shape index (κ1) is 37.1. The van der Waals surface area contributed by atoms with Crippen LogP contribution in [-0.2, 0) is 35.5 Å². The summed E-state index contributed by atoms with van der Waals surface area (Å²) in [7, 11) is 1.63. The third-order valence-electron chi connectivity index (χ3n) is 11.1. The molecule has 5 aromatic rings. The number of methoxy groups -OCH3 is 1. The third-order valence-corrected chi connectivity index (χ3v) is 11.8. The smallest absolute Gasteiger partial charge is 0.262 e. The van der Waals surface area contributed by atoms with Gasteiger partial charge in [-0.3, -0.25) is 18.8 Å². The number of hydrogen-bond acceptors (Lipinski definition) is 8. The number of benzene rings is 2. The van der Waals surface area contributed by atoms with Gasteiger partial charge in [0.1, 0.15) is 5.65 Å². The van der Waals surface area contributed by atoms with Crippen molar-refractivity contribution >= 4 is 40.7 Å². The molecule has 2 fully saturated rings. The van der Waals surface area contributed by atoms with E-state index in [4.69, 9.17) is 32.9 Å². The fourth-order valence-corrected chi connectivity index (χ4v) is 8.81. The van der Waals surface area contributed by atoms with Crippen LogP contribution in [0.1, 0.15) is 66.0 Å². The van der Waals surface area contributed by atoms with Crippen LogP contribution in [0, 0.1) is 0 Å². The molecule has 2 amide bonds. The van der Waals surface area contributed by atoms with E-state index >= 15 is 0 Å². The Labute approximate surface area is 329 Å². The number of pyridine rings is 2. The van der Waals surface area contributed by atoms with Gasteiger partial charge in [-0.1, -0.05) is 59.6 Å². The Morgan fingerprint density at radius 2 is 1.53 bits per heavy atom. The zero-order chi connectivity index (χ0) is 38.1. The Balaban J connectivity index is 0.985. The van der Waals surface area contributed by atoms with Crippen LogP contribution in [0.2, 0.25) is 10.0 Å². The van der Waals surface area contributed by atoms with E-state index in [1.54, 1.807) is 23.9 Å². The van der Waals surface area contributed by atoms with E-state index in [0.29, 0.717) is 72.6 Å². The van der Waals surface area contributed by atoms with E-state index in [1.165, 1.54) is 11.1 Å². The van der Waals surface area contributed by atoms with Gasteiger partial charge in [0.15, 0.2) is 0 Å². The van der Waals surface area contributed by atoms with Crippen LogP contribution in [-0.4, -0.2) is 58.5 Å². The van der Waals surface area contributed by atoms with Gasteiger partial charge in [-0.2, -0.15) is 0 Å². The molecule has 4 N–H and O–H groups in total. The molecule has 11 nitrogen and oxygen atoms in total. The normalized spacial score (nSPS) is 19.1. The van der Waals surface area contributed by atoms with E-state index in [2.05, 4.69) is 50.5 Å². The van der Waals surface area contributed by atoms with Crippen LogP contribution in [0.5, 0.6) is 5.88 Å². The molecule has 0 radical (unpaired) electrons. The number of rotatable bonds is 13. The molecule has 3 aromatic heterocycles. The molecule has 1 aliphatic carbocycles. The monoisotopic (exact) mass is 779 g/mol. The van der Waals surface area contributed by atoms with Crippen molar-refractivity contribution in [1.29, 1.82) is 0 Å². The Kier molecular flexibility index (Phi) is 10.9. The number of ether oxygens (including phenoxy) is 1. The lowest BCUT2D eigenvalue weighted by Crippen LogP contribution is -2.36. The maximum Gasteiger partial charge on any atom is 0.262 e. The third kappa shape index (κ3) is 7.84. The fraction of sp³-hybridized carbons (Fsp3) is 0.357.